The van der Waals surface area contributed by atoms with Crippen LogP contribution in [0.1, 0.15) is 10.4 Å². The van der Waals surface area contributed by atoms with Crippen molar-refractivity contribution in [2.45, 2.75) is 6.54 Å². The average molecular weight is 360 g/mol. The van der Waals surface area contributed by atoms with Crippen LogP contribution in [0, 0.1) is 5.41 Å². The summed E-state index contributed by atoms with van der Waals surface area (Å²) in [6.45, 7) is 0.154. The number of rotatable bonds is 5. The van der Waals surface area contributed by atoms with Gasteiger partial charge in [-0.1, -0.05) is 41.7 Å². The van der Waals surface area contributed by atoms with Crippen LogP contribution in [0.5, 0.6) is 11.5 Å². The first-order valence-corrected chi connectivity index (χ1v) is 9.01. The second kappa shape index (κ2) is 6.98. The first-order valence-electron chi connectivity index (χ1n) is 8.20. The van der Waals surface area contributed by atoms with Crippen LogP contribution in [0.15, 0.2) is 78.9 Å². The Bertz CT molecular complexity index is 1110. The van der Waals surface area contributed by atoms with Gasteiger partial charge in [-0.25, -0.2) is 0 Å². The summed E-state index contributed by atoms with van der Waals surface area (Å²) in [4.78, 5) is 13.0. The van der Waals surface area contributed by atoms with Crippen LogP contribution in [-0.2, 0) is 6.54 Å². The van der Waals surface area contributed by atoms with Crippen molar-refractivity contribution in [3.63, 3.8) is 0 Å². The highest BCUT2D eigenvalue weighted by Gasteiger charge is 2.11. The molecule has 3 aromatic carbocycles. The van der Waals surface area contributed by atoms with E-state index >= 15 is 0 Å². The van der Waals surface area contributed by atoms with E-state index in [2.05, 4.69) is 0 Å². The van der Waals surface area contributed by atoms with Gasteiger partial charge in [-0.2, -0.15) is 0 Å². The summed E-state index contributed by atoms with van der Waals surface area (Å²) in [5.41, 5.74) is 1.52. The number of carbonyl (C=O) groups is 1. The molecule has 0 bridgehead atoms. The molecular weight excluding hydrogens is 344 g/mol. The quantitative estimate of drug-likeness (QED) is 0.517. The number of hydrogen-bond donors (Lipinski definition) is 1. The highest BCUT2D eigenvalue weighted by atomic mass is 32.1. The van der Waals surface area contributed by atoms with E-state index in [0.717, 1.165) is 16.0 Å². The number of para-hydroxylation sites is 2. The van der Waals surface area contributed by atoms with E-state index < -0.39 is 0 Å². The summed E-state index contributed by atoms with van der Waals surface area (Å²) in [6.07, 6.45) is 0. The van der Waals surface area contributed by atoms with Crippen molar-refractivity contribution in [1.29, 1.82) is 5.41 Å². The van der Waals surface area contributed by atoms with Gasteiger partial charge in [0.2, 0.25) is 0 Å². The van der Waals surface area contributed by atoms with Crippen LogP contribution in [0.25, 0.3) is 10.2 Å². The Morgan fingerprint density at radius 2 is 1.54 bits per heavy atom. The number of thiazole rings is 1. The van der Waals surface area contributed by atoms with E-state index in [9.17, 15) is 4.79 Å². The Morgan fingerprint density at radius 3 is 2.31 bits per heavy atom. The van der Waals surface area contributed by atoms with Crippen molar-refractivity contribution in [2.24, 2.45) is 0 Å². The molecule has 5 heteroatoms. The third-order valence-corrected chi connectivity index (χ3v) is 5.04. The lowest BCUT2D eigenvalue weighted by atomic mass is 10.1. The first-order chi connectivity index (χ1) is 12.7. The number of nitrogens with zero attached hydrogens (tertiary/aromatic N) is 1. The average Bonchev–Trinajstić information content (AvgIpc) is 2.98. The molecule has 1 heterocycles. The number of ketones is 1. The van der Waals surface area contributed by atoms with Crippen LogP contribution >= 0.6 is 11.3 Å². The predicted molar refractivity (Wildman–Crippen MR) is 103 cm³/mol. The number of ether oxygens (including phenoxy) is 1. The maximum absolute atomic E-state index is 12.6. The van der Waals surface area contributed by atoms with Gasteiger partial charge in [0.05, 0.1) is 16.8 Å². The van der Waals surface area contributed by atoms with E-state index in [1.165, 1.54) is 11.3 Å². The summed E-state index contributed by atoms with van der Waals surface area (Å²) in [5.74, 6) is 1.41. The molecule has 0 unspecified atom stereocenters. The van der Waals surface area contributed by atoms with Crippen molar-refractivity contribution < 1.29 is 9.53 Å². The maximum atomic E-state index is 12.6. The number of carbonyl (C=O) groups excluding carboxylic acids is 1. The molecular formula is C21H16N2O2S. The van der Waals surface area contributed by atoms with E-state index in [0.29, 0.717) is 16.1 Å². The molecule has 1 N–H and O–H groups in total. The number of hydrogen-bond acceptors (Lipinski definition) is 4. The topological polar surface area (TPSA) is 55.1 Å². The standard InChI is InChI=1S/C21H16N2O2S/c22-21-23(18-8-4-5-9-20(18)26-21)14-19(24)15-10-12-17(13-11-15)25-16-6-2-1-3-7-16/h1-13,22H,14H2. The summed E-state index contributed by atoms with van der Waals surface area (Å²) in [5, 5.41) is 8.12. The zero-order chi connectivity index (χ0) is 17.9. The summed E-state index contributed by atoms with van der Waals surface area (Å²) < 4.78 is 8.51. The zero-order valence-electron chi connectivity index (χ0n) is 13.9. The fourth-order valence-electron chi connectivity index (χ4n) is 2.76. The molecule has 26 heavy (non-hydrogen) atoms. The van der Waals surface area contributed by atoms with Gasteiger partial charge in [0.1, 0.15) is 11.5 Å². The lowest BCUT2D eigenvalue weighted by Gasteiger charge is -2.07. The van der Waals surface area contributed by atoms with Crippen molar-refractivity contribution in [3.8, 4) is 11.5 Å². The Morgan fingerprint density at radius 1 is 0.885 bits per heavy atom. The van der Waals surface area contributed by atoms with Crippen molar-refractivity contribution in [3.05, 3.63) is 89.2 Å². The molecule has 4 aromatic rings. The van der Waals surface area contributed by atoms with Gasteiger partial charge in [0.15, 0.2) is 10.6 Å². The van der Waals surface area contributed by atoms with Crippen molar-refractivity contribution >= 4 is 27.3 Å². The zero-order valence-corrected chi connectivity index (χ0v) is 14.7. The molecule has 1 aromatic heterocycles. The minimum atomic E-state index is -0.0293. The SMILES string of the molecule is N=c1sc2ccccc2n1CC(=O)c1ccc(Oc2ccccc2)cc1. The molecule has 0 saturated heterocycles. The Kier molecular flexibility index (Phi) is 4.37. The van der Waals surface area contributed by atoms with Crippen LogP contribution in [0.3, 0.4) is 0 Å². The van der Waals surface area contributed by atoms with E-state index in [-0.39, 0.29) is 12.3 Å². The molecule has 4 nitrogen and oxygen atoms in total. The lowest BCUT2D eigenvalue weighted by molar-refractivity contribution is 0.0972. The third kappa shape index (κ3) is 3.30. The van der Waals surface area contributed by atoms with Gasteiger partial charge in [-0.05, 0) is 48.5 Å². The van der Waals surface area contributed by atoms with E-state index in [1.807, 2.05) is 54.6 Å². The Labute approximate surface area is 154 Å². The minimum Gasteiger partial charge on any atom is -0.457 e. The number of aromatic nitrogens is 1. The third-order valence-electron chi connectivity index (χ3n) is 4.06. The first kappa shape index (κ1) is 16.3. The van der Waals surface area contributed by atoms with Gasteiger partial charge in [-0.15, -0.1) is 0 Å². The molecule has 4 rings (SSSR count). The molecule has 0 radical (unpaired) electrons. The number of Topliss-reactive ketones (excluding diaryl/α,β-unsaturated/α-hetero) is 1. The second-order valence-electron chi connectivity index (χ2n) is 5.82. The van der Waals surface area contributed by atoms with Crippen LogP contribution < -0.4 is 9.54 Å². The normalized spacial score (nSPS) is 10.8. The smallest absolute Gasteiger partial charge is 0.183 e. The fraction of sp³-hybridized carbons (Fsp3) is 0.0476. The Hall–Kier alpha value is -3.18. The van der Waals surface area contributed by atoms with Crippen LogP contribution in [-0.4, -0.2) is 10.4 Å². The molecule has 0 fully saturated rings. The van der Waals surface area contributed by atoms with E-state index in [4.69, 9.17) is 10.1 Å². The van der Waals surface area contributed by atoms with Crippen LogP contribution in [0.4, 0.5) is 0 Å². The fourth-order valence-corrected chi connectivity index (χ4v) is 3.67. The molecule has 0 spiro atoms. The van der Waals surface area contributed by atoms with Gasteiger partial charge in [-0.3, -0.25) is 10.2 Å². The summed E-state index contributed by atoms with van der Waals surface area (Å²) in [6, 6.07) is 24.4. The van der Waals surface area contributed by atoms with Gasteiger partial charge < -0.3 is 9.30 Å². The molecule has 0 aliphatic rings. The van der Waals surface area contributed by atoms with Crippen molar-refractivity contribution in [1.82, 2.24) is 4.57 Å². The second-order valence-corrected chi connectivity index (χ2v) is 6.85. The Balaban J connectivity index is 1.53. The number of nitrogens with one attached hydrogen (secondary N) is 1. The molecule has 128 valence electrons. The largest absolute Gasteiger partial charge is 0.457 e. The minimum absolute atomic E-state index is 0.0293. The van der Waals surface area contributed by atoms with Crippen molar-refractivity contribution in [2.75, 3.05) is 0 Å². The molecule has 0 aliphatic carbocycles. The molecule has 0 aliphatic heterocycles. The highest BCUT2D eigenvalue weighted by molar-refractivity contribution is 7.16. The van der Waals surface area contributed by atoms with Gasteiger partial charge >= 0.3 is 0 Å². The predicted octanol–water partition coefficient (Wildman–Crippen LogP) is 4.86. The molecule has 0 atom stereocenters. The maximum Gasteiger partial charge on any atom is 0.183 e. The monoisotopic (exact) mass is 360 g/mol. The molecule has 0 amide bonds. The van der Waals surface area contributed by atoms with Crippen LogP contribution in [0.2, 0.25) is 0 Å². The van der Waals surface area contributed by atoms with E-state index in [1.54, 1.807) is 28.8 Å². The summed E-state index contributed by atoms with van der Waals surface area (Å²) >= 11 is 1.38. The summed E-state index contributed by atoms with van der Waals surface area (Å²) in [7, 11) is 0. The highest BCUT2D eigenvalue weighted by Crippen LogP contribution is 2.22. The number of benzene rings is 3. The molecule has 0 saturated carbocycles. The number of fused-ring (bicyclic) bond motifs is 1. The van der Waals surface area contributed by atoms with Gasteiger partial charge in [0.25, 0.3) is 0 Å². The van der Waals surface area contributed by atoms with Gasteiger partial charge in [0, 0.05) is 5.56 Å². The lowest BCUT2D eigenvalue weighted by Crippen LogP contribution is -2.19.